The van der Waals surface area contributed by atoms with Gasteiger partial charge in [-0.05, 0) is 44.7 Å². The van der Waals surface area contributed by atoms with E-state index >= 15 is 0 Å². The van der Waals surface area contributed by atoms with Gasteiger partial charge in [0, 0.05) is 37.9 Å². The lowest BCUT2D eigenvalue weighted by Crippen LogP contribution is -2.57. The van der Waals surface area contributed by atoms with E-state index < -0.39 is 0 Å². The van der Waals surface area contributed by atoms with Crippen LogP contribution in [0.1, 0.15) is 45.4 Å². The Balaban J connectivity index is 1.67. The minimum absolute atomic E-state index is 0.0526. The minimum atomic E-state index is -0.372. The van der Waals surface area contributed by atoms with Crippen molar-refractivity contribution in [3.05, 3.63) is 18.3 Å². The summed E-state index contributed by atoms with van der Waals surface area (Å²) in [4.78, 5) is 17.2. The molecule has 3 rings (SSSR count). The molecule has 24 heavy (non-hydrogen) atoms. The van der Waals surface area contributed by atoms with Crippen molar-refractivity contribution < 1.29 is 4.79 Å². The molecule has 0 spiro atoms. The van der Waals surface area contributed by atoms with Crippen LogP contribution in [0, 0.1) is 5.92 Å². The van der Waals surface area contributed by atoms with Gasteiger partial charge in [-0.3, -0.25) is 4.79 Å². The van der Waals surface area contributed by atoms with Gasteiger partial charge in [-0.2, -0.15) is 5.10 Å². The van der Waals surface area contributed by atoms with E-state index in [1.165, 1.54) is 0 Å². The van der Waals surface area contributed by atoms with Crippen LogP contribution in [0.5, 0.6) is 0 Å². The first-order valence-corrected chi connectivity index (χ1v) is 9.07. The number of likely N-dealkylation sites (N-methyl/N-ethyl adjacent to an activating group) is 1. The number of nitrogens with two attached hydrogens (primary N) is 1. The number of aromatic nitrogens is 2. The number of rotatable bonds is 3. The molecule has 2 N–H and O–H groups in total. The second-order valence-corrected chi connectivity index (χ2v) is 7.58. The average molecular weight is 331 g/mol. The molecule has 1 aliphatic heterocycles. The molecule has 1 amide bonds. The minimum Gasteiger partial charge on any atom is -0.353 e. The van der Waals surface area contributed by atoms with Gasteiger partial charge in [0.2, 0.25) is 5.91 Å². The highest BCUT2D eigenvalue weighted by molar-refractivity contribution is 5.80. The van der Waals surface area contributed by atoms with E-state index in [2.05, 4.69) is 15.1 Å². The number of piperidine rings is 1. The Morgan fingerprint density at radius 2 is 2.21 bits per heavy atom. The van der Waals surface area contributed by atoms with E-state index in [0.29, 0.717) is 0 Å². The Morgan fingerprint density at radius 3 is 2.92 bits per heavy atom. The first-order chi connectivity index (χ1) is 11.5. The second-order valence-electron chi connectivity index (χ2n) is 7.58. The van der Waals surface area contributed by atoms with Gasteiger partial charge in [0.15, 0.2) is 5.82 Å². The molecule has 2 fully saturated rings. The van der Waals surface area contributed by atoms with Gasteiger partial charge in [0.25, 0.3) is 0 Å². The Hall–Kier alpha value is -1.69. The van der Waals surface area contributed by atoms with Crippen LogP contribution in [0.2, 0.25) is 0 Å². The molecule has 2 aliphatic rings. The molecule has 6 nitrogen and oxygen atoms in total. The fraction of sp³-hybridized carbons (Fsp3) is 0.722. The summed E-state index contributed by atoms with van der Waals surface area (Å²) in [5.74, 6) is 1.05. The first-order valence-electron chi connectivity index (χ1n) is 9.07. The summed E-state index contributed by atoms with van der Waals surface area (Å²) in [5, 5.41) is 8.18. The predicted octanol–water partition coefficient (Wildman–Crippen LogP) is 1.81. The van der Waals surface area contributed by atoms with Gasteiger partial charge in [-0.15, -0.1) is 5.10 Å². The normalized spacial score (nSPS) is 30.9. The van der Waals surface area contributed by atoms with Crippen LogP contribution in [0.4, 0.5) is 5.82 Å². The van der Waals surface area contributed by atoms with Crippen molar-refractivity contribution in [3.8, 4) is 0 Å². The summed E-state index contributed by atoms with van der Waals surface area (Å²) in [6.07, 6.45) is 7.87. The molecule has 2 heterocycles. The van der Waals surface area contributed by atoms with Crippen molar-refractivity contribution in [2.45, 2.75) is 57.0 Å². The lowest BCUT2D eigenvalue weighted by atomic mass is 9.74. The van der Waals surface area contributed by atoms with Crippen molar-refractivity contribution in [3.63, 3.8) is 0 Å². The molecule has 1 saturated carbocycles. The van der Waals surface area contributed by atoms with E-state index in [1.807, 2.05) is 31.0 Å². The highest BCUT2D eigenvalue weighted by Crippen LogP contribution is 2.33. The topological polar surface area (TPSA) is 75.3 Å². The highest BCUT2D eigenvalue weighted by atomic mass is 16.2. The van der Waals surface area contributed by atoms with E-state index in [4.69, 9.17) is 5.73 Å². The van der Waals surface area contributed by atoms with Gasteiger partial charge >= 0.3 is 0 Å². The van der Waals surface area contributed by atoms with E-state index in [9.17, 15) is 4.79 Å². The highest BCUT2D eigenvalue weighted by Gasteiger charge is 2.40. The van der Waals surface area contributed by atoms with Gasteiger partial charge in [-0.1, -0.05) is 12.8 Å². The molecule has 1 saturated heterocycles. The van der Waals surface area contributed by atoms with Gasteiger partial charge in [0.1, 0.15) is 0 Å². The molecule has 0 radical (unpaired) electrons. The second kappa shape index (κ2) is 7.05. The molecular formula is C18H29N5O. The maximum absolute atomic E-state index is 13.1. The summed E-state index contributed by atoms with van der Waals surface area (Å²) < 4.78 is 0. The molecule has 1 aromatic heterocycles. The van der Waals surface area contributed by atoms with Crippen LogP contribution >= 0.6 is 0 Å². The third-order valence-electron chi connectivity index (χ3n) is 5.73. The summed E-state index contributed by atoms with van der Waals surface area (Å²) in [7, 11) is 1.94. The SMILES string of the molecule is CN(C(=O)C1CCCCC1(C)N)C1CCCN(c2cccnn2)C1. The van der Waals surface area contributed by atoms with Crippen molar-refractivity contribution in [1.29, 1.82) is 0 Å². The first kappa shape index (κ1) is 17.1. The maximum Gasteiger partial charge on any atom is 0.227 e. The summed E-state index contributed by atoms with van der Waals surface area (Å²) in [6.45, 7) is 3.82. The lowest BCUT2D eigenvalue weighted by molar-refractivity contribution is -0.139. The number of anilines is 1. The fourth-order valence-corrected chi connectivity index (χ4v) is 4.13. The van der Waals surface area contributed by atoms with Crippen molar-refractivity contribution in [1.82, 2.24) is 15.1 Å². The monoisotopic (exact) mass is 331 g/mol. The number of carbonyl (C=O) groups is 1. The van der Waals surface area contributed by atoms with E-state index in [-0.39, 0.29) is 23.4 Å². The van der Waals surface area contributed by atoms with Crippen LogP contribution in [0.3, 0.4) is 0 Å². The van der Waals surface area contributed by atoms with Crippen LogP contribution < -0.4 is 10.6 Å². The van der Waals surface area contributed by atoms with E-state index in [0.717, 1.165) is 57.4 Å². The van der Waals surface area contributed by atoms with Crippen LogP contribution in [-0.2, 0) is 4.79 Å². The van der Waals surface area contributed by atoms with Crippen LogP contribution in [0.15, 0.2) is 18.3 Å². The summed E-state index contributed by atoms with van der Waals surface area (Å²) in [5.41, 5.74) is 6.06. The largest absolute Gasteiger partial charge is 0.353 e. The number of hydrogen-bond donors (Lipinski definition) is 1. The van der Waals surface area contributed by atoms with Gasteiger partial charge in [0.05, 0.1) is 5.92 Å². The quantitative estimate of drug-likeness (QED) is 0.914. The number of carbonyl (C=O) groups excluding carboxylic acids is 1. The molecule has 3 atom stereocenters. The summed E-state index contributed by atoms with van der Waals surface area (Å²) in [6, 6.07) is 4.10. The van der Waals surface area contributed by atoms with Crippen molar-refractivity contribution in [2.24, 2.45) is 11.7 Å². The van der Waals surface area contributed by atoms with Gasteiger partial charge in [-0.25, -0.2) is 0 Å². The predicted molar refractivity (Wildman–Crippen MR) is 94.6 cm³/mol. The zero-order chi connectivity index (χ0) is 17.2. The molecule has 0 aromatic carbocycles. The van der Waals surface area contributed by atoms with Crippen molar-refractivity contribution in [2.75, 3.05) is 25.0 Å². The smallest absolute Gasteiger partial charge is 0.227 e. The Morgan fingerprint density at radius 1 is 1.38 bits per heavy atom. The van der Waals surface area contributed by atoms with Crippen LogP contribution in [-0.4, -0.2) is 52.7 Å². The zero-order valence-corrected chi connectivity index (χ0v) is 14.8. The van der Waals surface area contributed by atoms with E-state index in [1.54, 1.807) is 6.20 Å². The molecule has 1 aromatic rings. The van der Waals surface area contributed by atoms with Crippen LogP contribution in [0.25, 0.3) is 0 Å². The molecule has 1 aliphatic carbocycles. The van der Waals surface area contributed by atoms with Crippen molar-refractivity contribution >= 4 is 11.7 Å². The molecule has 132 valence electrons. The standard InChI is InChI=1S/C18H29N5O/c1-18(19)10-4-3-8-15(18)17(24)22(2)14-7-6-12-23(13-14)16-9-5-11-20-21-16/h5,9,11,14-15H,3-4,6-8,10,12-13,19H2,1-2H3. The molecule has 6 heteroatoms. The Bertz CT molecular complexity index is 562. The lowest BCUT2D eigenvalue weighted by Gasteiger charge is -2.43. The molecular weight excluding hydrogens is 302 g/mol. The molecule has 0 bridgehead atoms. The third-order valence-corrected chi connectivity index (χ3v) is 5.73. The summed E-state index contributed by atoms with van der Waals surface area (Å²) >= 11 is 0. The maximum atomic E-state index is 13.1. The fourth-order valence-electron chi connectivity index (χ4n) is 4.13. The number of amides is 1. The zero-order valence-electron chi connectivity index (χ0n) is 14.8. The third kappa shape index (κ3) is 3.53. The average Bonchev–Trinajstić information content (AvgIpc) is 2.61. The number of nitrogens with zero attached hydrogens (tertiary/aromatic N) is 4. The Kier molecular flexibility index (Phi) is 5.04. The molecule has 3 unspecified atom stereocenters. The number of hydrogen-bond acceptors (Lipinski definition) is 5. The Labute approximate surface area is 144 Å². The van der Waals surface area contributed by atoms with Gasteiger partial charge < -0.3 is 15.5 Å².